The second-order valence-corrected chi connectivity index (χ2v) is 8.76. The van der Waals surface area contributed by atoms with Gasteiger partial charge in [0.15, 0.2) is 9.84 Å². The van der Waals surface area contributed by atoms with Gasteiger partial charge in [-0.2, -0.15) is 0 Å². The van der Waals surface area contributed by atoms with Crippen LogP contribution in [0.25, 0.3) is 0 Å². The van der Waals surface area contributed by atoms with Gasteiger partial charge in [0, 0.05) is 45.5 Å². The maximum absolute atomic E-state index is 12.7. The molecule has 0 aliphatic carbocycles. The van der Waals surface area contributed by atoms with Crippen molar-refractivity contribution in [3.63, 3.8) is 0 Å². The van der Waals surface area contributed by atoms with Gasteiger partial charge in [0.1, 0.15) is 0 Å². The first-order valence-electron chi connectivity index (χ1n) is 8.26. The van der Waals surface area contributed by atoms with Crippen molar-refractivity contribution in [2.75, 3.05) is 49.6 Å². The molecule has 2 saturated heterocycles. The highest BCUT2D eigenvalue weighted by Gasteiger charge is 2.31. The van der Waals surface area contributed by atoms with Crippen LogP contribution in [0.4, 0.5) is 5.69 Å². The van der Waals surface area contributed by atoms with Crippen LogP contribution in [-0.4, -0.2) is 86.3 Å². The van der Waals surface area contributed by atoms with Crippen molar-refractivity contribution in [1.29, 1.82) is 0 Å². The summed E-state index contributed by atoms with van der Waals surface area (Å²) < 4.78 is 23.4. The quantitative estimate of drug-likeness (QED) is 0.675. The van der Waals surface area contributed by atoms with Gasteiger partial charge in [0.2, 0.25) is 6.41 Å². The van der Waals surface area contributed by atoms with Gasteiger partial charge in [-0.3, -0.25) is 14.6 Å². The summed E-state index contributed by atoms with van der Waals surface area (Å²) in [5.74, 6) is 0.219. The molecule has 25 heavy (non-hydrogen) atoms. The molecule has 136 valence electrons. The highest BCUT2D eigenvalue weighted by molar-refractivity contribution is 7.91. The third kappa shape index (κ3) is 3.92. The predicted octanol–water partition coefficient (Wildman–Crippen LogP) is -0.381. The molecule has 1 aromatic heterocycles. The number of anilines is 1. The molecule has 1 atom stereocenters. The molecule has 9 heteroatoms. The average Bonchev–Trinajstić information content (AvgIpc) is 3.00. The minimum atomic E-state index is -2.97. The number of rotatable bonds is 4. The Labute approximate surface area is 147 Å². The van der Waals surface area contributed by atoms with Gasteiger partial charge in [0.05, 0.1) is 29.0 Å². The van der Waals surface area contributed by atoms with Crippen molar-refractivity contribution in [2.45, 2.75) is 12.5 Å². The van der Waals surface area contributed by atoms with Crippen molar-refractivity contribution >= 4 is 27.8 Å². The van der Waals surface area contributed by atoms with Crippen LogP contribution in [0, 0.1) is 0 Å². The van der Waals surface area contributed by atoms with Gasteiger partial charge in [-0.1, -0.05) is 0 Å². The third-order valence-electron chi connectivity index (χ3n) is 4.88. The zero-order valence-corrected chi connectivity index (χ0v) is 15.0. The zero-order valence-electron chi connectivity index (χ0n) is 14.2. The molecule has 8 nitrogen and oxygen atoms in total. The van der Waals surface area contributed by atoms with Crippen LogP contribution in [-0.2, 0) is 14.6 Å². The van der Waals surface area contributed by atoms with Crippen LogP contribution >= 0.6 is 0 Å². The van der Waals surface area contributed by atoms with Crippen LogP contribution in [0.15, 0.2) is 18.5 Å². The van der Waals surface area contributed by atoms with Crippen molar-refractivity contribution in [3.05, 3.63) is 24.0 Å². The van der Waals surface area contributed by atoms with E-state index in [1.54, 1.807) is 22.1 Å². The Morgan fingerprint density at radius 1 is 1.28 bits per heavy atom. The molecule has 2 fully saturated rings. The fourth-order valence-electron chi connectivity index (χ4n) is 3.24. The summed E-state index contributed by atoms with van der Waals surface area (Å²) in [5, 5.41) is 0. The normalized spacial score (nSPS) is 22.7. The first kappa shape index (κ1) is 17.7. The van der Waals surface area contributed by atoms with Gasteiger partial charge in [0.25, 0.3) is 5.91 Å². The predicted molar refractivity (Wildman–Crippen MR) is 93.2 cm³/mol. The van der Waals surface area contributed by atoms with Crippen LogP contribution < -0.4 is 4.90 Å². The fraction of sp³-hybridized carbons (Fsp3) is 0.562. The second-order valence-electron chi connectivity index (χ2n) is 6.53. The van der Waals surface area contributed by atoms with E-state index in [-0.39, 0.29) is 23.5 Å². The molecule has 1 unspecified atom stereocenters. The van der Waals surface area contributed by atoms with Gasteiger partial charge in [-0.15, -0.1) is 0 Å². The van der Waals surface area contributed by atoms with Gasteiger partial charge >= 0.3 is 0 Å². The summed E-state index contributed by atoms with van der Waals surface area (Å²) in [6, 6.07) is 1.67. The minimum Gasteiger partial charge on any atom is -0.369 e. The minimum absolute atomic E-state index is 0.0895. The second kappa shape index (κ2) is 6.99. The number of carbonyl (C=O) groups is 2. The molecule has 2 aliphatic rings. The number of pyridine rings is 1. The molecule has 0 radical (unpaired) electrons. The molecule has 0 spiro atoms. The SMILES string of the molecule is CN(c1cncc(C(=O)N2CCN(C=O)CC2)c1)C1CCS(=O)(=O)C1. The lowest BCUT2D eigenvalue weighted by atomic mass is 10.1. The monoisotopic (exact) mass is 366 g/mol. The number of hydrogen-bond acceptors (Lipinski definition) is 6. The molecule has 1 aromatic rings. The topological polar surface area (TPSA) is 90.9 Å². The first-order chi connectivity index (χ1) is 11.9. The lowest BCUT2D eigenvalue weighted by Gasteiger charge is -2.32. The summed E-state index contributed by atoms with van der Waals surface area (Å²) in [4.78, 5) is 32.8. The van der Waals surface area contributed by atoms with E-state index in [0.29, 0.717) is 38.2 Å². The van der Waals surface area contributed by atoms with E-state index >= 15 is 0 Å². The fourth-order valence-corrected chi connectivity index (χ4v) is 5.02. The highest BCUT2D eigenvalue weighted by atomic mass is 32.2. The first-order valence-corrected chi connectivity index (χ1v) is 10.1. The maximum Gasteiger partial charge on any atom is 0.255 e. The van der Waals surface area contributed by atoms with Crippen LogP contribution in [0.3, 0.4) is 0 Å². The largest absolute Gasteiger partial charge is 0.369 e. The lowest BCUT2D eigenvalue weighted by Crippen LogP contribution is -2.48. The smallest absolute Gasteiger partial charge is 0.255 e. The van der Waals surface area contributed by atoms with Crippen LogP contribution in [0.5, 0.6) is 0 Å². The third-order valence-corrected chi connectivity index (χ3v) is 6.64. The Hall–Kier alpha value is -2.16. The molecular weight excluding hydrogens is 344 g/mol. The molecule has 3 rings (SSSR count). The van der Waals surface area contributed by atoms with Crippen molar-refractivity contribution in [1.82, 2.24) is 14.8 Å². The average molecular weight is 366 g/mol. The molecule has 0 aromatic carbocycles. The van der Waals surface area contributed by atoms with E-state index in [9.17, 15) is 18.0 Å². The number of carbonyl (C=O) groups excluding carboxylic acids is 2. The number of piperazine rings is 1. The number of amides is 2. The van der Waals surface area contributed by atoms with Gasteiger partial charge < -0.3 is 14.7 Å². The molecule has 2 aliphatic heterocycles. The van der Waals surface area contributed by atoms with E-state index in [2.05, 4.69) is 4.98 Å². The van der Waals surface area contributed by atoms with Crippen LogP contribution in [0.2, 0.25) is 0 Å². The molecule has 0 saturated carbocycles. The summed E-state index contributed by atoms with van der Waals surface area (Å²) in [6.07, 6.45) is 4.56. The molecule has 2 amide bonds. The summed E-state index contributed by atoms with van der Waals surface area (Å²) >= 11 is 0. The standard InChI is InChI=1S/C16H22N4O4S/c1-18(14-2-7-25(23,24)11-14)15-8-13(9-17-10-15)16(22)20-5-3-19(12-21)4-6-20/h8-10,12,14H,2-7,11H2,1H3. The Balaban J connectivity index is 1.71. The van der Waals surface area contributed by atoms with Crippen molar-refractivity contribution in [2.24, 2.45) is 0 Å². The van der Waals surface area contributed by atoms with E-state index in [1.807, 2.05) is 11.9 Å². The summed E-state index contributed by atoms with van der Waals surface area (Å²) in [5.41, 5.74) is 1.21. The number of nitrogens with zero attached hydrogens (tertiary/aromatic N) is 4. The van der Waals surface area contributed by atoms with E-state index in [1.165, 1.54) is 6.20 Å². The van der Waals surface area contributed by atoms with Gasteiger partial charge in [-0.05, 0) is 12.5 Å². The van der Waals surface area contributed by atoms with Crippen LogP contribution in [0.1, 0.15) is 16.8 Å². The number of hydrogen-bond donors (Lipinski definition) is 0. The van der Waals surface area contributed by atoms with E-state index < -0.39 is 9.84 Å². The molecule has 0 bridgehead atoms. The van der Waals surface area contributed by atoms with E-state index in [4.69, 9.17) is 0 Å². The molecule has 0 N–H and O–H groups in total. The van der Waals surface area contributed by atoms with Crippen molar-refractivity contribution in [3.8, 4) is 0 Å². The summed E-state index contributed by atoms with van der Waals surface area (Å²) in [7, 11) is -1.14. The number of sulfone groups is 1. The van der Waals surface area contributed by atoms with E-state index in [0.717, 1.165) is 12.1 Å². The lowest BCUT2D eigenvalue weighted by molar-refractivity contribution is -0.119. The summed E-state index contributed by atoms with van der Waals surface area (Å²) in [6.45, 7) is 2.06. The molecule has 3 heterocycles. The Morgan fingerprint density at radius 3 is 2.60 bits per heavy atom. The Bertz CT molecular complexity index is 759. The highest BCUT2D eigenvalue weighted by Crippen LogP contribution is 2.23. The maximum atomic E-state index is 12.7. The Morgan fingerprint density at radius 2 is 2.00 bits per heavy atom. The number of aromatic nitrogens is 1. The Kier molecular flexibility index (Phi) is 4.94. The zero-order chi connectivity index (χ0) is 18.0. The van der Waals surface area contributed by atoms with Gasteiger partial charge in [-0.25, -0.2) is 8.42 Å². The van der Waals surface area contributed by atoms with Crippen molar-refractivity contribution < 1.29 is 18.0 Å². The molecular formula is C16H22N4O4S.